The van der Waals surface area contributed by atoms with E-state index in [1.807, 2.05) is 6.07 Å². The second-order valence-electron chi connectivity index (χ2n) is 6.51. The number of nitrogens with zero attached hydrogens (tertiary/aromatic N) is 3. The fourth-order valence-electron chi connectivity index (χ4n) is 2.82. The Bertz CT molecular complexity index is 1030. The average molecular weight is 432 g/mol. The van der Waals surface area contributed by atoms with Crippen LogP contribution >= 0.6 is 0 Å². The SMILES string of the molecule is CN(CCO)c1ncc(C(=O)Nc2ccc(OC(F)(F)F)cc2)cc1-c1cccnc1. The maximum atomic E-state index is 12.7. The molecule has 1 aromatic carbocycles. The van der Waals surface area contributed by atoms with Gasteiger partial charge in [-0.1, -0.05) is 6.07 Å². The van der Waals surface area contributed by atoms with Gasteiger partial charge in [0.2, 0.25) is 0 Å². The Hall–Kier alpha value is -3.66. The molecule has 10 heteroatoms. The molecule has 0 saturated carbocycles. The molecule has 0 bridgehead atoms. The lowest BCUT2D eigenvalue weighted by Gasteiger charge is -2.21. The van der Waals surface area contributed by atoms with Crippen molar-refractivity contribution < 1.29 is 27.8 Å². The third-order valence-corrected chi connectivity index (χ3v) is 4.24. The molecule has 0 aliphatic rings. The number of aromatic nitrogens is 2. The Morgan fingerprint density at radius 1 is 1.19 bits per heavy atom. The molecule has 0 saturated heterocycles. The Morgan fingerprint density at radius 2 is 1.94 bits per heavy atom. The molecule has 0 atom stereocenters. The lowest BCUT2D eigenvalue weighted by Crippen LogP contribution is -2.23. The van der Waals surface area contributed by atoms with Crippen LogP contribution in [0.4, 0.5) is 24.7 Å². The normalized spacial score (nSPS) is 11.1. The molecule has 3 rings (SSSR count). The third kappa shape index (κ3) is 5.92. The summed E-state index contributed by atoms with van der Waals surface area (Å²) < 4.78 is 40.6. The van der Waals surface area contributed by atoms with Crippen molar-refractivity contribution in [3.05, 3.63) is 66.6 Å². The topological polar surface area (TPSA) is 87.6 Å². The largest absolute Gasteiger partial charge is 0.573 e. The highest BCUT2D eigenvalue weighted by Crippen LogP contribution is 2.29. The number of rotatable bonds is 7. The highest BCUT2D eigenvalue weighted by atomic mass is 19.4. The highest BCUT2D eigenvalue weighted by Gasteiger charge is 2.31. The zero-order valence-electron chi connectivity index (χ0n) is 16.4. The summed E-state index contributed by atoms with van der Waals surface area (Å²) in [5.74, 6) is -0.312. The number of hydrogen-bond donors (Lipinski definition) is 2. The van der Waals surface area contributed by atoms with Crippen LogP contribution in [0.1, 0.15) is 10.4 Å². The summed E-state index contributed by atoms with van der Waals surface area (Å²) in [5.41, 5.74) is 1.92. The van der Waals surface area contributed by atoms with Crippen LogP contribution in [-0.2, 0) is 0 Å². The average Bonchev–Trinajstić information content (AvgIpc) is 2.74. The number of benzene rings is 1. The molecule has 2 heterocycles. The van der Waals surface area contributed by atoms with E-state index in [1.54, 1.807) is 36.5 Å². The number of halogens is 3. The Balaban J connectivity index is 1.84. The third-order valence-electron chi connectivity index (χ3n) is 4.24. The smallest absolute Gasteiger partial charge is 0.406 e. The molecule has 3 aromatic rings. The Labute approximate surface area is 176 Å². The van der Waals surface area contributed by atoms with E-state index >= 15 is 0 Å². The number of aliphatic hydroxyl groups is 1. The predicted octanol–water partition coefficient (Wildman–Crippen LogP) is 3.72. The van der Waals surface area contributed by atoms with Crippen molar-refractivity contribution in [1.29, 1.82) is 0 Å². The van der Waals surface area contributed by atoms with E-state index in [-0.39, 0.29) is 17.9 Å². The molecule has 1 amide bonds. The zero-order valence-corrected chi connectivity index (χ0v) is 16.4. The summed E-state index contributed by atoms with van der Waals surface area (Å²) in [6, 6.07) is 10.0. The van der Waals surface area contributed by atoms with Gasteiger partial charge in [0.1, 0.15) is 11.6 Å². The Morgan fingerprint density at radius 3 is 2.55 bits per heavy atom. The van der Waals surface area contributed by atoms with E-state index in [0.29, 0.717) is 23.6 Å². The predicted molar refractivity (Wildman–Crippen MR) is 109 cm³/mol. The van der Waals surface area contributed by atoms with Gasteiger partial charge in [0.05, 0.1) is 12.2 Å². The van der Waals surface area contributed by atoms with Crippen molar-refractivity contribution in [2.75, 3.05) is 30.4 Å². The number of alkyl halides is 3. The van der Waals surface area contributed by atoms with Gasteiger partial charge in [-0.05, 0) is 36.4 Å². The van der Waals surface area contributed by atoms with E-state index in [1.165, 1.54) is 18.3 Å². The number of carbonyl (C=O) groups is 1. The molecule has 0 fully saturated rings. The zero-order chi connectivity index (χ0) is 22.4. The number of pyridine rings is 2. The molecule has 0 spiro atoms. The number of ether oxygens (including phenoxy) is 1. The minimum atomic E-state index is -4.79. The molecule has 2 N–H and O–H groups in total. The summed E-state index contributed by atoms with van der Waals surface area (Å²) in [5, 5.41) is 11.8. The van der Waals surface area contributed by atoms with Crippen LogP contribution in [0.3, 0.4) is 0 Å². The quantitative estimate of drug-likeness (QED) is 0.592. The van der Waals surface area contributed by atoms with Gasteiger partial charge in [0.25, 0.3) is 5.91 Å². The minimum Gasteiger partial charge on any atom is -0.406 e. The minimum absolute atomic E-state index is 0.0685. The molecule has 31 heavy (non-hydrogen) atoms. The molecule has 0 aliphatic carbocycles. The van der Waals surface area contributed by atoms with E-state index in [9.17, 15) is 23.1 Å². The number of hydrogen-bond acceptors (Lipinski definition) is 6. The molecule has 0 aliphatic heterocycles. The van der Waals surface area contributed by atoms with Crippen LogP contribution in [0.15, 0.2) is 61.1 Å². The molecule has 2 aromatic heterocycles. The van der Waals surface area contributed by atoms with Crippen molar-refractivity contribution in [3.63, 3.8) is 0 Å². The van der Waals surface area contributed by atoms with Crippen molar-refractivity contribution in [1.82, 2.24) is 9.97 Å². The molecule has 162 valence electrons. The Kier molecular flexibility index (Phi) is 6.71. The maximum absolute atomic E-state index is 12.7. The van der Waals surface area contributed by atoms with Crippen LogP contribution in [-0.4, -0.2) is 47.5 Å². The second-order valence-corrected chi connectivity index (χ2v) is 6.51. The fraction of sp³-hybridized carbons (Fsp3) is 0.190. The van der Waals surface area contributed by atoms with E-state index in [0.717, 1.165) is 17.7 Å². The maximum Gasteiger partial charge on any atom is 0.573 e. The van der Waals surface area contributed by atoms with Gasteiger partial charge in [-0.25, -0.2) is 4.98 Å². The number of amides is 1. The lowest BCUT2D eigenvalue weighted by molar-refractivity contribution is -0.274. The van der Waals surface area contributed by atoms with E-state index in [2.05, 4.69) is 20.0 Å². The number of aliphatic hydroxyl groups excluding tert-OH is 1. The van der Waals surface area contributed by atoms with Crippen LogP contribution in [0.25, 0.3) is 11.1 Å². The van der Waals surface area contributed by atoms with Gasteiger partial charge in [-0.15, -0.1) is 13.2 Å². The summed E-state index contributed by atoms with van der Waals surface area (Å²) in [7, 11) is 1.77. The number of likely N-dealkylation sites (N-methyl/N-ethyl adjacent to an activating group) is 1. The van der Waals surface area contributed by atoms with Gasteiger partial charge >= 0.3 is 6.36 Å². The molecule has 7 nitrogen and oxygen atoms in total. The number of nitrogens with one attached hydrogen (secondary N) is 1. The fourth-order valence-corrected chi connectivity index (χ4v) is 2.82. The van der Waals surface area contributed by atoms with Crippen molar-refractivity contribution in [3.8, 4) is 16.9 Å². The van der Waals surface area contributed by atoms with Crippen LogP contribution in [0.2, 0.25) is 0 Å². The summed E-state index contributed by atoms with van der Waals surface area (Å²) in [6.07, 6.45) is -0.144. The summed E-state index contributed by atoms with van der Waals surface area (Å²) in [6.45, 7) is 0.277. The molecule has 0 radical (unpaired) electrons. The monoisotopic (exact) mass is 432 g/mol. The van der Waals surface area contributed by atoms with Gasteiger partial charge in [-0.2, -0.15) is 0 Å². The lowest BCUT2D eigenvalue weighted by atomic mass is 10.1. The summed E-state index contributed by atoms with van der Waals surface area (Å²) >= 11 is 0. The first kappa shape index (κ1) is 22.0. The van der Waals surface area contributed by atoms with Crippen molar-refractivity contribution in [2.24, 2.45) is 0 Å². The van der Waals surface area contributed by atoms with Crippen LogP contribution in [0, 0.1) is 0 Å². The first-order valence-corrected chi connectivity index (χ1v) is 9.16. The van der Waals surface area contributed by atoms with Crippen LogP contribution in [0.5, 0.6) is 5.75 Å². The highest BCUT2D eigenvalue weighted by molar-refractivity contribution is 6.05. The first-order chi connectivity index (χ1) is 14.8. The summed E-state index contributed by atoms with van der Waals surface area (Å²) in [4.78, 5) is 22.9. The standard InChI is InChI=1S/C21H19F3N4O3/c1-28(9-10-29)19-18(14-3-2-8-25-12-14)11-15(13-26-19)20(30)27-16-4-6-17(7-5-16)31-21(22,23)24/h2-8,11-13,29H,9-10H2,1H3,(H,27,30). The van der Waals surface area contributed by atoms with E-state index in [4.69, 9.17) is 0 Å². The molecular weight excluding hydrogens is 413 g/mol. The first-order valence-electron chi connectivity index (χ1n) is 9.16. The second kappa shape index (κ2) is 9.43. The van der Waals surface area contributed by atoms with E-state index < -0.39 is 12.3 Å². The molecular formula is C21H19F3N4O3. The van der Waals surface area contributed by atoms with Crippen molar-refractivity contribution in [2.45, 2.75) is 6.36 Å². The number of carbonyl (C=O) groups excluding carboxylic acids is 1. The number of anilines is 2. The van der Waals surface area contributed by atoms with Crippen molar-refractivity contribution >= 4 is 17.4 Å². The van der Waals surface area contributed by atoms with Gasteiger partial charge in [0.15, 0.2) is 0 Å². The molecule has 0 unspecified atom stereocenters. The van der Waals surface area contributed by atoms with Crippen LogP contribution < -0.4 is 15.0 Å². The van der Waals surface area contributed by atoms with Gasteiger partial charge in [-0.3, -0.25) is 9.78 Å². The van der Waals surface area contributed by atoms with Gasteiger partial charge in [0, 0.05) is 49.0 Å². The van der Waals surface area contributed by atoms with Gasteiger partial charge < -0.3 is 20.1 Å².